The van der Waals surface area contributed by atoms with Crippen molar-refractivity contribution in [2.75, 3.05) is 14.2 Å². The summed E-state index contributed by atoms with van der Waals surface area (Å²) in [5.41, 5.74) is 0.762. The molecule has 1 amide bonds. The van der Waals surface area contributed by atoms with E-state index in [2.05, 4.69) is 4.98 Å². The number of pyridine rings is 1. The van der Waals surface area contributed by atoms with Gasteiger partial charge in [-0.25, -0.2) is 4.98 Å². The Hall–Kier alpha value is -2.96. The Morgan fingerprint density at radius 1 is 1.32 bits per heavy atom. The summed E-state index contributed by atoms with van der Waals surface area (Å²) in [5.74, 6) is -0.0926. The second-order valence-corrected chi connectivity index (χ2v) is 4.61. The highest BCUT2D eigenvalue weighted by atomic mass is 16.6. The van der Waals surface area contributed by atoms with Gasteiger partial charge in [0.15, 0.2) is 0 Å². The topological polar surface area (TPSA) is 85.6 Å². The van der Waals surface area contributed by atoms with E-state index in [4.69, 9.17) is 4.74 Å². The van der Waals surface area contributed by atoms with Crippen molar-refractivity contribution in [3.05, 3.63) is 63.8 Å². The largest absolute Gasteiger partial charge is 0.480 e. The van der Waals surface area contributed by atoms with Gasteiger partial charge in [-0.05, 0) is 12.1 Å². The molecule has 0 atom stereocenters. The lowest BCUT2D eigenvalue weighted by molar-refractivity contribution is -0.385. The molecule has 0 saturated heterocycles. The molecule has 0 spiro atoms. The van der Waals surface area contributed by atoms with Crippen LogP contribution in [-0.2, 0) is 6.54 Å². The zero-order valence-electron chi connectivity index (χ0n) is 12.2. The number of methoxy groups -OCH3 is 1. The van der Waals surface area contributed by atoms with E-state index < -0.39 is 4.92 Å². The number of aromatic nitrogens is 1. The Morgan fingerprint density at radius 3 is 2.73 bits per heavy atom. The summed E-state index contributed by atoms with van der Waals surface area (Å²) < 4.78 is 5.06. The van der Waals surface area contributed by atoms with Crippen molar-refractivity contribution in [3.8, 4) is 5.88 Å². The summed E-state index contributed by atoms with van der Waals surface area (Å²) in [6.45, 7) is 0.119. The van der Waals surface area contributed by atoms with Crippen LogP contribution in [0.1, 0.15) is 15.9 Å². The van der Waals surface area contributed by atoms with E-state index in [0.717, 1.165) is 0 Å². The fourth-order valence-corrected chi connectivity index (χ4v) is 2.07. The van der Waals surface area contributed by atoms with Gasteiger partial charge in [-0.3, -0.25) is 14.9 Å². The molecule has 22 heavy (non-hydrogen) atoms. The Kier molecular flexibility index (Phi) is 4.67. The smallest absolute Gasteiger partial charge is 0.274 e. The average Bonchev–Trinajstić information content (AvgIpc) is 2.54. The normalized spacial score (nSPS) is 10.1. The second kappa shape index (κ2) is 6.66. The molecular formula is C15H15N3O4. The van der Waals surface area contributed by atoms with Crippen molar-refractivity contribution >= 4 is 11.6 Å². The van der Waals surface area contributed by atoms with Crippen molar-refractivity contribution in [2.45, 2.75) is 6.54 Å². The summed E-state index contributed by atoms with van der Waals surface area (Å²) >= 11 is 0. The number of nitro benzene ring substituents is 1. The van der Waals surface area contributed by atoms with Crippen LogP contribution in [0.2, 0.25) is 0 Å². The number of nitrogens with zero attached hydrogens (tertiary/aromatic N) is 3. The van der Waals surface area contributed by atoms with Crippen LogP contribution < -0.4 is 4.74 Å². The van der Waals surface area contributed by atoms with Gasteiger partial charge in [-0.2, -0.15) is 0 Å². The molecule has 0 aliphatic heterocycles. The van der Waals surface area contributed by atoms with Gasteiger partial charge in [0.1, 0.15) is 5.56 Å². The van der Waals surface area contributed by atoms with Gasteiger partial charge in [0.2, 0.25) is 5.88 Å². The molecule has 0 radical (unpaired) electrons. The minimum absolute atomic E-state index is 0.0136. The lowest BCUT2D eigenvalue weighted by atomic mass is 10.1. The molecule has 2 rings (SSSR count). The van der Waals surface area contributed by atoms with Gasteiger partial charge in [-0.15, -0.1) is 0 Å². The third-order valence-corrected chi connectivity index (χ3v) is 3.14. The maximum Gasteiger partial charge on any atom is 0.274 e. The maximum absolute atomic E-state index is 12.4. The zero-order valence-corrected chi connectivity index (χ0v) is 12.2. The molecule has 1 heterocycles. The van der Waals surface area contributed by atoms with E-state index >= 15 is 0 Å². The quantitative estimate of drug-likeness (QED) is 0.624. The second-order valence-electron chi connectivity index (χ2n) is 4.61. The van der Waals surface area contributed by atoms with Crippen LogP contribution in [0.15, 0.2) is 42.6 Å². The summed E-state index contributed by atoms with van der Waals surface area (Å²) in [6, 6.07) is 9.57. The van der Waals surface area contributed by atoms with Crippen molar-refractivity contribution < 1.29 is 14.5 Å². The van der Waals surface area contributed by atoms with Crippen LogP contribution in [0.5, 0.6) is 5.88 Å². The SMILES string of the molecule is COc1ncccc1C(=O)N(C)Cc1ccccc1[N+](=O)[O-]. The predicted molar refractivity (Wildman–Crippen MR) is 79.7 cm³/mol. The van der Waals surface area contributed by atoms with Crippen molar-refractivity contribution in [3.63, 3.8) is 0 Å². The highest BCUT2D eigenvalue weighted by molar-refractivity contribution is 5.96. The first-order valence-electron chi connectivity index (χ1n) is 6.51. The first-order chi connectivity index (χ1) is 10.5. The van der Waals surface area contributed by atoms with Crippen LogP contribution in [0.25, 0.3) is 0 Å². The fourth-order valence-electron chi connectivity index (χ4n) is 2.07. The van der Waals surface area contributed by atoms with Crippen LogP contribution in [-0.4, -0.2) is 34.9 Å². The average molecular weight is 301 g/mol. The molecule has 0 N–H and O–H groups in total. The van der Waals surface area contributed by atoms with Gasteiger partial charge in [0.05, 0.1) is 18.6 Å². The number of rotatable bonds is 5. The minimum Gasteiger partial charge on any atom is -0.480 e. The molecule has 1 aromatic carbocycles. The highest BCUT2D eigenvalue weighted by Gasteiger charge is 2.20. The number of para-hydroxylation sites is 1. The Morgan fingerprint density at radius 2 is 2.05 bits per heavy atom. The van der Waals surface area contributed by atoms with E-state index in [1.165, 1.54) is 24.3 Å². The van der Waals surface area contributed by atoms with E-state index in [0.29, 0.717) is 11.1 Å². The predicted octanol–water partition coefficient (Wildman–Crippen LogP) is 2.27. The Labute approximate surface area is 127 Å². The van der Waals surface area contributed by atoms with Crippen molar-refractivity contribution in [1.82, 2.24) is 9.88 Å². The number of carbonyl (C=O) groups is 1. The van der Waals surface area contributed by atoms with Gasteiger partial charge in [-0.1, -0.05) is 18.2 Å². The van der Waals surface area contributed by atoms with Gasteiger partial charge < -0.3 is 9.64 Å². The van der Waals surface area contributed by atoms with Gasteiger partial charge in [0, 0.05) is 24.9 Å². The van der Waals surface area contributed by atoms with Crippen molar-refractivity contribution in [2.24, 2.45) is 0 Å². The minimum atomic E-state index is -0.460. The first kappa shape index (κ1) is 15.4. The summed E-state index contributed by atoms with van der Waals surface area (Å²) in [4.78, 5) is 28.4. The molecule has 7 heteroatoms. The van der Waals surface area contributed by atoms with Crippen LogP contribution in [0.4, 0.5) is 5.69 Å². The van der Waals surface area contributed by atoms with E-state index in [9.17, 15) is 14.9 Å². The standard InChI is InChI=1S/C15H15N3O4/c1-17(10-11-6-3-4-8-13(11)18(20)21)15(19)12-7-5-9-16-14(12)22-2/h3-9H,10H2,1-2H3. The van der Waals surface area contributed by atoms with Crippen LogP contribution in [0, 0.1) is 10.1 Å². The number of benzene rings is 1. The van der Waals surface area contributed by atoms with E-state index in [-0.39, 0.29) is 24.0 Å². The summed E-state index contributed by atoms with van der Waals surface area (Å²) in [5, 5.41) is 11.0. The lowest BCUT2D eigenvalue weighted by Crippen LogP contribution is -2.27. The van der Waals surface area contributed by atoms with Crippen LogP contribution in [0.3, 0.4) is 0 Å². The number of amides is 1. The van der Waals surface area contributed by atoms with Crippen molar-refractivity contribution in [1.29, 1.82) is 0 Å². The molecule has 2 aromatic rings. The zero-order chi connectivity index (χ0) is 16.1. The molecule has 7 nitrogen and oxygen atoms in total. The Balaban J connectivity index is 2.24. The third kappa shape index (κ3) is 3.20. The molecule has 0 saturated carbocycles. The molecule has 0 aliphatic carbocycles. The molecule has 1 aromatic heterocycles. The Bertz CT molecular complexity index is 703. The molecule has 0 fully saturated rings. The number of ether oxygens (including phenoxy) is 1. The molecule has 0 bridgehead atoms. The molecule has 0 aliphatic rings. The van der Waals surface area contributed by atoms with Crippen LogP contribution >= 0.6 is 0 Å². The van der Waals surface area contributed by atoms with Gasteiger partial charge in [0.25, 0.3) is 11.6 Å². The van der Waals surface area contributed by atoms with E-state index in [1.54, 1.807) is 37.4 Å². The summed E-state index contributed by atoms with van der Waals surface area (Å²) in [6.07, 6.45) is 1.53. The number of hydrogen-bond donors (Lipinski definition) is 0. The highest BCUT2D eigenvalue weighted by Crippen LogP contribution is 2.21. The monoisotopic (exact) mass is 301 g/mol. The number of nitro groups is 1. The number of carbonyl (C=O) groups excluding carboxylic acids is 1. The van der Waals surface area contributed by atoms with Gasteiger partial charge >= 0.3 is 0 Å². The fraction of sp³-hybridized carbons (Fsp3) is 0.200. The molecular weight excluding hydrogens is 286 g/mol. The number of hydrogen-bond acceptors (Lipinski definition) is 5. The molecule has 0 unspecified atom stereocenters. The maximum atomic E-state index is 12.4. The third-order valence-electron chi connectivity index (χ3n) is 3.14. The summed E-state index contributed by atoms with van der Waals surface area (Å²) in [7, 11) is 3.01. The lowest BCUT2D eigenvalue weighted by Gasteiger charge is -2.18. The first-order valence-corrected chi connectivity index (χ1v) is 6.51. The van der Waals surface area contributed by atoms with E-state index in [1.807, 2.05) is 0 Å². The molecule has 114 valence electrons.